The highest BCUT2D eigenvalue weighted by Crippen LogP contribution is 2.65. The molecule has 3 amide bonds. The van der Waals surface area contributed by atoms with Crippen LogP contribution in [-0.4, -0.2) is 123 Å². The summed E-state index contributed by atoms with van der Waals surface area (Å²) < 4.78 is 50.8. The largest absolute Gasteiger partial charge is 0.496 e. The molecule has 1 unspecified atom stereocenters. The summed E-state index contributed by atoms with van der Waals surface area (Å²) in [6.07, 6.45) is 13.5. The Hall–Kier alpha value is -7.73. The third kappa shape index (κ3) is 14.6. The fourth-order valence-electron chi connectivity index (χ4n) is 11.7. The topological polar surface area (TPSA) is 293 Å². The van der Waals surface area contributed by atoms with Crippen LogP contribution in [0.1, 0.15) is 143 Å². The van der Waals surface area contributed by atoms with E-state index in [1.807, 2.05) is 0 Å². The van der Waals surface area contributed by atoms with Crippen LogP contribution in [0.25, 0.3) is 11.0 Å². The summed E-state index contributed by atoms with van der Waals surface area (Å²) >= 11 is 0. The van der Waals surface area contributed by atoms with Crippen molar-refractivity contribution in [3.05, 3.63) is 121 Å². The fourth-order valence-corrected chi connectivity index (χ4v) is 13.0. The van der Waals surface area contributed by atoms with E-state index in [4.69, 9.17) is 14.2 Å². The van der Waals surface area contributed by atoms with E-state index in [1.54, 1.807) is 19.2 Å². The lowest BCUT2D eigenvalue weighted by atomic mass is 9.45. The van der Waals surface area contributed by atoms with Crippen LogP contribution in [0, 0.1) is 27.4 Å². The molecular weight excluding hydrogens is 1100 g/mol. The first-order valence-electron chi connectivity index (χ1n) is 29.0. The number of amides is 3. The van der Waals surface area contributed by atoms with Crippen LogP contribution in [0.15, 0.2) is 103 Å². The van der Waals surface area contributed by atoms with E-state index in [-0.39, 0.29) is 68.0 Å². The van der Waals surface area contributed by atoms with Crippen molar-refractivity contribution in [2.45, 2.75) is 128 Å². The molecule has 9 rings (SSSR count). The van der Waals surface area contributed by atoms with E-state index in [9.17, 15) is 37.7 Å². The molecule has 4 aliphatic rings. The van der Waals surface area contributed by atoms with Gasteiger partial charge in [0.1, 0.15) is 17.5 Å². The van der Waals surface area contributed by atoms with Gasteiger partial charge >= 0.3 is 5.69 Å². The minimum Gasteiger partial charge on any atom is -0.496 e. The third-order valence-corrected chi connectivity index (χ3v) is 18.4. The number of hydrogen-bond donors (Lipinski definition) is 4. The molecule has 84 heavy (non-hydrogen) atoms. The van der Waals surface area contributed by atoms with Gasteiger partial charge in [-0.2, -0.15) is 5.11 Å². The molecule has 23 nitrogen and oxygen atoms in total. The van der Waals surface area contributed by atoms with Gasteiger partial charge in [0.25, 0.3) is 27.4 Å². The summed E-state index contributed by atoms with van der Waals surface area (Å²) in [4.78, 5) is 63.0. The molecule has 5 aromatic rings. The zero-order valence-corrected chi connectivity index (χ0v) is 49.9. The number of unbranched alkanes of at least 4 members (excludes halogenated alkanes) is 6. The molecule has 0 radical (unpaired) electrons. The Balaban J connectivity index is 0.736. The van der Waals surface area contributed by atoms with Crippen LogP contribution >= 0.6 is 0 Å². The zero-order chi connectivity index (χ0) is 60.2. The first-order chi connectivity index (χ1) is 40.3. The minimum atomic E-state index is -4.54. The number of aromatic nitrogens is 3. The van der Waals surface area contributed by atoms with E-state index >= 15 is 0 Å². The first-order valence-corrected chi connectivity index (χ1v) is 30.5. The Bertz CT molecular complexity index is 3390. The predicted molar refractivity (Wildman–Crippen MR) is 316 cm³/mol. The average molecular weight is 1180 g/mol. The van der Waals surface area contributed by atoms with Crippen molar-refractivity contribution < 1.29 is 46.6 Å². The van der Waals surface area contributed by atoms with E-state index in [0.717, 1.165) is 61.1 Å². The monoisotopic (exact) mass is 1180 g/mol. The number of hydrogen-bond acceptors (Lipinski definition) is 18. The number of nitrogens with one attached hydrogen (secondary N) is 4. The molecule has 452 valence electrons. The summed E-state index contributed by atoms with van der Waals surface area (Å²) in [6.45, 7) is 14.2. The van der Waals surface area contributed by atoms with E-state index in [2.05, 4.69) is 99.4 Å². The maximum absolute atomic E-state index is 13.8. The summed E-state index contributed by atoms with van der Waals surface area (Å²) in [5.74, 6) is 1.44. The molecule has 4 atom stereocenters. The predicted octanol–water partition coefficient (Wildman–Crippen LogP) is 8.89. The molecule has 1 saturated carbocycles. The van der Waals surface area contributed by atoms with E-state index in [0.29, 0.717) is 86.7 Å². The van der Waals surface area contributed by atoms with Crippen molar-refractivity contribution in [1.82, 2.24) is 35.2 Å². The van der Waals surface area contributed by atoms with Gasteiger partial charge in [-0.05, 0) is 107 Å². The number of benzene rings is 3. The second-order valence-corrected chi connectivity index (χ2v) is 24.9. The van der Waals surface area contributed by atoms with Gasteiger partial charge in [0.15, 0.2) is 5.52 Å². The molecule has 2 bridgehead atoms. The van der Waals surface area contributed by atoms with Crippen LogP contribution < -0.4 is 36.3 Å². The summed E-state index contributed by atoms with van der Waals surface area (Å²) in [6, 6.07) is 14.4. The molecule has 0 saturated heterocycles. The van der Waals surface area contributed by atoms with E-state index < -0.39 is 32.3 Å². The van der Waals surface area contributed by atoms with Crippen LogP contribution in [0.5, 0.6) is 11.5 Å². The quantitative estimate of drug-likeness (QED) is 0.0135. The zero-order valence-electron chi connectivity index (χ0n) is 49.1. The van der Waals surface area contributed by atoms with Gasteiger partial charge in [-0.1, -0.05) is 96.1 Å². The Morgan fingerprint density at radius 3 is 2.35 bits per heavy atom. The third-order valence-electron chi connectivity index (χ3n) is 16.7. The number of nitro groups is 1. The summed E-state index contributed by atoms with van der Waals surface area (Å²) in [5, 5.41) is 40.5. The number of fused-ring (bicyclic) bond motifs is 2. The second-order valence-electron chi connectivity index (χ2n) is 23.1. The molecule has 2 aromatic heterocycles. The van der Waals surface area contributed by atoms with Crippen molar-refractivity contribution >= 4 is 50.2 Å². The molecule has 0 spiro atoms. The number of nitrogens with zero attached hydrogens (tertiary/aromatic N) is 7. The molecule has 24 heteroatoms. The van der Waals surface area contributed by atoms with Crippen molar-refractivity contribution in [2.75, 3.05) is 72.0 Å². The van der Waals surface area contributed by atoms with E-state index in [1.165, 1.54) is 73.2 Å². The average Bonchev–Trinajstić information content (AvgIpc) is 0.999. The highest BCUT2D eigenvalue weighted by molar-refractivity contribution is 7.90. The number of carbonyl (C=O) groups is 3. The highest BCUT2D eigenvalue weighted by atomic mass is 32.2. The van der Waals surface area contributed by atoms with Gasteiger partial charge in [0.05, 0.1) is 61.6 Å². The number of allylic oxidation sites excluding steroid dienone is 1. The molecule has 4 N–H and O–H groups in total. The number of methoxy groups -OCH3 is 2. The van der Waals surface area contributed by atoms with Crippen molar-refractivity contribution in [3.63, 3.8) is 0 Å². The molecule has 3 heterocycles. The number of anilines is 1. The lowest BCUT2D eigenvalue weighted by molar-refractivity contribution is -0.383. The molecular formula is C60H79N11O12S. The van der Waals surface area contributed by atoms with Gasteiger partial charge in [-0.25, -0.2) is 17.0 Å². The molecule has 1 aliphatic heterocycles. The summed E-state index contributed by atoms with van der Waals surface area (Å²) in [5.41, 5.74) is 3.23. The lowest BCUT2D eigenvalue weighted by Gasteiger charge is -2.59. The van der Waals surface area contributed by atoms with Gasteiger partial charge in [-0.15, -0.1) is 0 Å². The first kappa shape index (κ1) is 62.3. The number of rotatable bonds is 32. The minimum absolute atomic E-state index is 0.0112. The fraction of sp³-hybridized carbons (Fsp3) is 0.533. The molecule has 3 aliphatic carbocycles. The number of pyridine rings is 1. The normalized spacial score (nSPS) is 18.0. The Morgan fingerprint density at radius 1 is 0.869 bits per heavy atom. The summed E-state index contributed by atoms with van der Waals surface area (Å²) in [7, 11) is -1.06. The smallest absolute Gasteiger partial charge is 0.300 e. The SMILES string of the molecule is CCCCCCC(C)(C)c1cc(OC)c([C@H]2C=C(CNC(=O)CCCCCCNC(=O)c3ccc(=O)n(S(=O)(=O)c4cccc(C(=O)NCC5CN(CCOCCNc6ccc([N+](=O)[O-])c7nonc67)N=N5)c4)c3)[C@H]3C[C@@H]2C3(C)C)c(OC)c1. The molecule has 1 fully saturated rings. The number of non-ortho nitro benzene ring substituents is 1. The highest BCUT2D eigenvalue weighted by Gasteiger charge is 2.56. The van der Waals surface area contributed by atoms with Crippen LogP contribution in [0.4, 0.5) is 11.4 Å². The number of carbonyl (C=O) groups excluding carboxylic acids is 3. The lowest BCUT2D eigenvalue weighted by Crippen LogP contribution is -2.52. The van der Waals surface area contributed by atoms with Crippen LogP contribution in [-0.2, 0) is 25.0 Å². The van der Waals surface area contributed by atoms with Crippen molar-refractivity contribution in [1.29, 1.82) is 0 Å². The standard InChI is InChI=1S/C60H79N11O12S/c1-8-9-10-14-24-59(2,3)42-32-50(80-6)54(51(33-42)81-7)45-31-41(46-34-47(45)60(46,4)5)35-63-52(72)19-13-11-12-15-25-62-58(75)40-20-23-53(73)70(37-40)84(78,79)44-18-16-17-39(30-44)57(74)64-36-43-38-69(68-65-43)27-29-82-28-26-61-48-21-22-49(71(76)77)56-55(48)66-83-67-56/h16-18,20-23,30-33,37,43,45-47,61H,8-15,19,24-29,34-36,38H2,1-7H3,(H,62,75)(H,63,72)(H,64,74)/t43?,45-,46+,47-/m0/s1. The Labute approximate surface area is 489 Å². The Morgan fingerprint density at radius 2 is 1.61 bits per heavy atom. The maximum atomic E-state index is 13.8. The van der Waals surface area contributed by atoms with Crippen molar-refractivity contribution in [2.24, 2.45) is 27.6 Å². The van der Waals surface area contributed by atoms with Gasteiger partial charge < -0.3 is 35.5 Å². The number of nitro benzene ring substituents is 1. The van der Waals surface area contributed by atoms with Gasteiger partial charge in [0, 0.05) is 68.0 Å². The number of ether oxygens (including phenoxy) is 3. The Kier molecular flexibility index (Phi) is 20.6. The van der Waals surface area contributed by atoms with Crippen LogP contribution in [0.2, 0.25) is 0 Å². The second kappa shape index (κ2) is 27.8. The van der Waals surface area contributed by atoms with Gasteiger partial charge in [0.2, 0.25) is 11.4 Å². The van der Waals surface area contributed by atoms with Crippen LogP contribution in [0.3, 0.4) is 0 Å². The maximum Gasteiger partial charge on any atom is 0.300 e. The van der Waals surface area contributed by atoms with Crippen molar-refractivity contribution in [3.8, 4) is 11.5 Å². The van der Waals surface area contributed by atoms with Gasteiger partial charge in [-0.3, -0.25) is 34.3 Å². The molecule has 3 aromatic carbocycles.